The quantitative estimate of drug-likeness (QED) is 0.792. The van der Waals surface area contributed by atoms with Crippen molar-refractivity contribution in [3.63, 3.8) is 0 Å². The van der Waals surface area contributed by atoms with E-state index in [9.17, 15) is 4.79 Å². The van der Waals surface area contributed by atoms with Crippen LogP contribution >= 0.6 is 0 Å². The van der Waals surface area contributed by atoms with E-state index >= 15 is 0 Å². The summed E-state index contributed by atoms with van der Waals surface area (Å²) in [6, 6.07) is 18.3. The number of carbonyl (C=O) groups excluding carboxylic acids is 1. The van der Waals surface area contributed by atoms with Gasteiger partial charge in [0.15, 0.2) is 0 Å². The van der Waals surface area contributed by atoms with Crippen molar-refractivity contribution in [3.8, 4) is 5.75 Å². The summed E-state index contributed by atoms with van der Waals surface area (Å²) in [7, 11) is 0. The van der Waals surface area contributed by atoms with Crippen molar-refractivity contribution >= 4 is 5.97 Å². The molecule has 3 heteroatoms. The standard InChI is InChI=1S/C14H14O.C4H8O2/c1-12-7-9-14(10-8-12)15-11-13-5-3-2-4-6-13;1-3-6-4(2)5/h2-10H,11H2,1H3;3H2,1-2H3. The monoisotopic (exact) mass is 286 g/mol. The number of rotatable bonds is 4. The second-order valence-corrected chi connectivity index (χ2v) is 4.51. The molecule has 0 bridgehead atoms. The lowest BCUT2D eigenvalue weighted by Crippen LogP contribution is -1.95. The van der Waals surface area contributed by atoms with Crippen LogP contribution in [0.2, 0.25) is 0 Å². The fourth-order valence-electron chi connectivity index (χ4n) is 1.58. The van der Waals surface area contributed by atoms with Crippen LogP contribution < -0.4 is 4.74 Å². The summed E-state index contributed by atoms with van der Waals surface area (Å²) in [6.07, 6.45) is 0. The zero-order chi connectivity index (χ0) is 15.5. The van der Waals surface area contributed by atoms with Crippen LogP contribution in [-0.4, -0.2) is 12.6 Å². The van der Waals surface area contributed by atoms with E-state index in [0.29, 0.717) is 13.2 Å². The Balaban J connectivity index is 0.000000315. The molecule has 0 fully saturated rings. The van der Waals surface area contributed by atoms with Gasteiger partial charge in [-0.2, -0.15) is 0 Å². The van der Waals surface area contributed by atoms with Crippen molar-refractivity contribution in [1.82, 2.24) is 0 Å². The number of carbonyl (C=O) groups is 1. The highest BCUT2D eigenvalue weighted by Gasteiger charge is 1.94. The molecule has 2 aromatic carbocycles. The molecule has 0 aliphatic carbocycles. The summed E-state index contributed by atoms with van der Waals surface area (Å²) in [5.74, 6) is 0.710. The topological polar surface area (TPSA) is 35.5 Å². The highest BCUT2D eigenvalue weighted by Crippen LogP contribution is 2.13. The Kier molecular flexibility index (Phi) is 7.65. The predicted octanol–water partition coefficient (Wildman–Crippen LogP) is 4.14. The van der Waals surface area contributed by atoms with Gasteiger partial charge in [0, 0.05) is 6.92 Å². The van der Waals surface area contributed by atoms with Crippen molar-refractivity contribution < 1.29 is 14.3 Å². The molecule has 21 heavy (non-hydrogen) atoms. The molecule has 112 valence electrons. The lowest BCUT2D eigenvalue weighted by atomic mass is 10.2. The molecule has 0 spiro atoms. The van der Waals surface area contributed by atoms with Crippen molar-refractivity contribution in [1.29, 1.82) is 0 Å². The van der Waals surface area contributed by atoms with Gasteiger partial charge in [-0.15, -0.1) is 0 Å². The maximum atomic E-state index is 9.82. The maximum Gasteiger partial charge on any atom is 0.302 e. The van der Waals surface area contributed by atoms with Crippen LogP contribution in [0, 0.1) is 6.92 Å². The largest absolute Gasteiger partial charge is 0.489 e. The van der Waals surface area contributed by atoms with E-state index in [1.807, 2.05) is 30.3 Å². The van der Waals surface area contributed by atoms with Gasteiger partial charge in [-0.1, -0.05) is 48.0 Å². The minimum absolute atomic E-state index is 0.211. The van der Waals surface area contributed by atoms with Gasteiger partial charge in [0.05, 0.1) is 6.61 Å². The Hall–Kier alpha value is -2.29. The SMILES string of the molecule is CCOC(C)=O.Cc1ccc(OCc2ccccc2)cc1. The molecule has 0 heterocycles. The van der Waals surface area contributed by atoms with Gasteiger partial charge in [-0.25, -0.2) is 0 Å². The van der Waals surface area contributed by atoms with E-state index in [1.54, 1.807) is 6.92 Å². The molecule has 0 saturated heterocycles. The molecule has 0 radical (unpaired) electrons. The van der Waals surface area contributed by atoms with Crippen molar-refractivity contribution in [3.05, 3.63) is 65.7 Å². The van der Waals surface area contributed by atoms with Gasteiger partial charge in [0.25, 0.3) is 0 Å². The van der Waals surface area contributed by atoms with Gasteiger partial charge in [0.1, 0.15) is 12.4 Å². The van der Waals surface area contributed by atoms with E-state index in [2.05, 4.69) is 35.9 Å². The molecule has 0 saturated carbocycles. The zero-order valence-electron chi connectivity index (χ0n) is 12.8. The number of esters is 1. The molecule has 0 atom stereocenters. The van der Waals surface area contributed by atoms with E-state index in [0.717, 1.165) is 5.75 Å². The molecule has 0 aromatic heterocycles. The fraction of sp³-hybridized carbons (Fsp3) is 0.278. The van der Waals surface area contributed by atoms with Gasteiger partial charge in [-0.3, -0.25) is 4.79 Å². The summed E-state index contributed by atoms with van der Waals surface area (Å²) in [5.41, 5.74) is 2.44. The summed E-state index contributed by atoms with van der Waals surface area (Å²) < 4.78 is 10.0. The first-order valence-electron chi connectivity index (χ1n) is 6.98. The molecular formula is C18H22O3. The summed E-state index contributed by atoms with van der Waals surface area (Å²) >= 11 is 0. The van der Waals surface area contributed by atoms with E-state index in [4.69, 9.17) is 4.74 Å². The lowest BCUT2D eigenvalue weighted by Gasteiger charge is -2.06. The number of hydrogen-bond donors (Lipinski definition) is 0. The predicted molar refractivity (Wildman–Crippen MR) is 84.3 cm³/mol. The number of ether oxygens (including phenoxy) is 2. The van der Waals surface area contributed by atoms with Crippen molar-refractivity contribution in [2.75, 3.05) is 6.61 Å². The van der Waals surface area contributed by atoms with Gasteiger partial charge in [-0.05, 0) is 31.5 Å². The van der Waals surface area contributed by atoms with Crippen LogP contribution in [0.25, 0.3) is 0 Å². The molecule has 2 aromatic rings. The highest BCUT2D eigenvalue weighted by atomic mass is 16.5. The third-order valence-corrected chi connectivity index (χ3v) is 2.62. The molecule has 0 aliphatic heterocycles. The van der Waals surface area contributed by atoms with Crippen molar-refractivity contribution in [2.45, 2.75) is 27.4 Å². The Bertz CT molecular complexity index is 518. The van der Waals surface area contributed by atoms with E-state index in [1.165, 1.54) is 18.1 Å². The Morgan fingerprint density at radius 3 is 2.10 bits per heavy atom. The fourth-order valence-corrected chi connectivity index (χ4v) is 1.58. The molecule has 0 amide bonds. The third kappa shape index (κ3) is 7.78. The summed E-state index contributed by atoms with van der Waals surface area (Å²) in [4.78, 5) is 9.82. The minimum Gasteiger partial charge on any atom is -0.489 e. The van der Waals surface area contributed by atoms with E-state index in [-0.39, 0.29) is 5.97 Å². The van der Waals surface area contributed by atoms with Crippen LogP contribution in [0.15, 0.2) is 54.6 Å². The first-order valence-corrected chi connectivity index (χ1v) is 6.98. The summed E-state index contributed by atoms with van der Waals surface area (Å²) in [5, 5.41) is 0. The normalized spacial score (nSPS) is 9.29. The van der Waals surface area contributed by atoms with Gasteiger partial charge in [0.2, 0.25) is 0 Å². The number of benzene rings is 2. The van der Waals surface area contributed by atoms with Gasteiger partial charge < -0.3 is 9.47 Å². The van der Waals surface area contributed by atoms with Crippen LogP contribution in [0.1, 0.15) is 25.0 Å². The Labute approximate surface area is 126 Å². The molecule has 0 N–H and O–H groups in total. The minimum atomic E-state index is -0.211. The third-order valence-electron chi connectivity index (χ3n) is 2.62. The van der Waals surface area contributed by atoms with E-state index < -0.39 is 0 Å². The average Bonchev–Trinajstić information content (AvgIpc) is 2.48. The Morgan fingerprint density at radius 2 is 1.62 bits per heavy atom. The smallest absolute Gasteiger partial charge is 0.302 e. The zero-order valence-corrected chi connectivity index (χ0v) is 12.8. The second kappa shape index (κ2) is 9.59. The van der Waals surface area contributed by atoms with Crippen molar-refractivity contribution in [2.24, 2.45) is 0 Å². The average molecular weight is 286 g/mol. The van der Waals surface area contributed by atoms with Gasteiger partial charge >= 0.3 is 5.97 Å². The highest BCUT2D eigenvalue weighted by molar-refractivity contribution is 5.65. The molecular weight excluding hydrogens is 264 g/mol. The molecule has 3 nitrogen and oxygen atoms in total. The Morgan fingerprint density at radius 1 is 1.00 bits per heavy atom. The van der Waals surface area contributed by atoms with Crippen LogP contribution in [-0.2, 0) is 16.1 Å². The van der Waals surface area contributed by atoms with Crippen LogP contribution in [0.5, 0.6) is 5.75 Å². The first kappa shape index (κ1) is 16.8. The maximum absolute atomic E-state index is 9.82. The number of hydrogen-bond acceptors (Lipinski definition) is 3. The van der Waals surface area contributed by atoms with Crippen LogP contribution in [0.3, 0.4) is 0 Å². The molecule has 2 rings (SSSR count). The molecule has 0 unspecified atom stereocenters. The molecule has 0 aliphatic rings. The number of aryl methyl sites for hydroxylation is 1. The summed E-state index contributed by atoms with van der Waals surface area (Å²) in [6.45, 7) is 6.35. The first-order chi connectivity index (χ1) is 10.1. The van der Waals surface area contributed by atoms with Crippen LogP contribution in [0.4, 0.5) is 0 Å². The second-order valence-electron chi connectivity index (χ2n) is 4.51. The lowest BCUT2D eigenvalue weighted by molar-refractivity contribution is -0.140.